The molecule has 1 unspecified atom stereocenters. The van der Waals surface area contributed by atoms with Gasteiger partial charge in [0.05, 0.1) is 11.8 Å². The van der Waals surface area contributed by atoms with Crippen molar-refractivity contribution in [3.05, 3.63) is 65.5 Å². The van der Waals surface area contributed by atoms with Crippen molar-refractivity contribution in [2.45, 2.75) is 26.5 Å². The summed E-state index contributed by atoms with van der Waals surface area (Å²) >= 11 is 0. The predicted octanol–water partition coefficient (Wildman–Crippen LogP) is 2.83. The third kappa shape index (κ3) is 3.31. The average molecular weight is 323 g/mol. The number of rotatable bonds is 5. The van der Waals surface area contributed by atoms with E-state index in [-0.39, 0.29) is 12.5 Å². The standard InChI is InChI=1S/C19H21N3O2/c1-3-22-17(10-13(2)21-22)19(24)20-12-18(23)16-9-8-14-6-4-5-7-15(14)11-16/h4-11,18,23H,3,12H2,1-2H3,(H,20,24). The van der Waals surface area contributed by atoms with Crippen LogP contribution < -0.4 is 5.32 Å². The van der Waals surface area contributed by atoms with Crippen molar-refractivity contribution in [2.75, 3.05) is 6.54 Å². The zero-order valence-electron chi connectivity index (χ0n) is 13.9. The minimum atomic E-state index is -0.752. The Morgan fingerprint density at radius 3 is 2.71 bits per heavy atom. The summed E-state index contributed by atoms with van der Waals surface area (Å²) in [5, 5.41) is 19.6. The molecule has 0 bridgehead atoms. The van der Waals surface area contributed by atoms with Crippen LogP contribution in [0.1, 0.15) is 34.8 Å². The fourth-order valence-corrected chi connectivity index (χ4v) is 2.78. The number of fused-ring (bicyclic) bond motifs is 1. The molecule has 0 spiro atoms. The van der Waals surface area contributed by atoms with Gasteiger partial charge in [0.2, 0.25) is 0 Å². The molecule has 0 fully saturated rings. The maximum atomic E-state index is 12.3. The van der Waals surface area contributed by atoms with E-state index in [1.807, 2.05) is 56.3 Å². The topological polar surface area (TPSA) is 67.2 Å². The lowest BCUT2D eigenvalue weighted by Gasteiger charge is -2.13. The van der Waals surface area contributed by atoms with Gasteiger partial charge in [-0.05, 0) is 42.3 Å². The Hall–Kier alpha value is -2.66. The Labute approximate surface area is 140 Å². The third-order valence-electron chi connectivity index (χ3n) is 4.05. The first-order valence-electron chi connectivity index (χ1n) is 8.08. The number of aromatic nitrogens is 2. The summed E-state index contributed by atoms with van der Waals surface area (Å²) in [6.07, 6.45) is -0.752. The summed E-state index contributed by atoms with van der Waals surface area (Å²) in [6, 6.07) is 15.6. The van der Waals surface area contributed by atoms with Crippen LogP contribution in [0.3, 0.4) is 0 Å². The van der Waals surface area contributed by atoms with Crippen LogP contribution in [0.15, 0.2) is 48.5 Å². The van der Waals surface area contributed by atoms with Crippen LogP contribution in [0.5, 0.6) is 0 Å². The van der Waals surface area contributed by atoms with Crippen molar-refractivity contribution in [1.82, 2.24) is 15.1 Å². The Morgan fingerprint density at radius 2 is 1.96 bits per heavy atom. The van der Waals surface area contributed by atoms with Gasteiger partial charge in [0.1, 0.15) is 5.69 Å². The number of aliphatic hydroxyl groups excluding tert-OH is 1. The lowest BCUT2D eigenvalue weighted by molar-refractivity contribution is 0.0906. The van der Waals surface area contributed by atoms with Gasteiger partial charge in [-0.25, -0.2) is 0 Å². The smallest absolute Gasteiger partial charge is 0.269 e. The number of hydrogen-bond donors (Lipinski definition) is 2. The second kappa shape index (κ2) is 6.84. The summed E-state index contributed by atoms with van der Waals surface area (Å²) in [4.78, 5) is 12.3. The van der Waals surface area contributed by atoms with Crippen molar-refractivity contribution in [3.63, 3.8) is 0 Å². The van der Waals surface area contributed by atoms with E-state index >= 15 is 0 Å². The number of carbonyl (C=O) groups excluding carboxylic acids is 1. The Bertz CT molecular complexity index is 870. The van der Waals surface area contributed by atoms with Crippen molar-refractivity contribution in [1.29, 1.82) is 0 Å². The summed E-state index contributed by atoms with van der Waals surface area (Å²) in [7, 11) is 0. The van der Waals surface area contributed by atoms with E-state index in [9.17, 15) is 9.90 Å². The molecule has 0 aliphatic rings. The lowest BCUT2D eigenvalue weighted by Crippen LogP contribution is -2.30. The molecule has 0 aliphatic heterocycles. The number of hydrogen-bond acceptors (Lipinski definition) is 3. The van der Waals surface area contributed by atoms with Crippen LogP contribution in [-0.2, 0) is 6.54 Å². The van der Waals surface area contributed by atoms with E-state index < -0.39 is 6.10 Å². The van der Waals surface area contributed by atoms with E-state index in [0.29, 0.717) is 12.2 Å². The zero-order chi connectivity index (χ0) is 17.1. The van der Waals surface area contributed by atoms with Gasteiger partial charge in [-0.1, -0.05) is 36.4 Å². The molecule has 1 amide bonds. The second-order valence-corrected chi connectivity index (χ2v) is 5.82. The van der Waals surface area contributed by atoms with E-state index in [1.54, 1.807) is 10.7 Å². The third-order valence-corrected chi connectivity index (χ3v) is 4.05. The number of aryl methyl sites for hydroxylation is 2. The van der Waals surface area contributed by atoms with Crippen molar-refractivity contribution >= 4 is 16.7 Å². The highest BCUT2D eigenvalue weighted by Crippen LogP contribution is 2.20. The molecule has 5 heteroatoms. The quantitative estimate of drug-likeness (QED) is 0.759. The predicted molar refractivity (Wildman–Crippen MR) is 93.9 cm³/mol. The Kier molecular flexibility index (Phi) is 4.62. The number of benzene rings is 2. The summed E-state index contributed by atoms with van der Waals surface area (Å²) in [6.45, 7) is 4.58. The van der Waals surface area contributed by atoms with Crippen molar-refractivity contribution in [2.24, 2.45) is 0 Å². The van der Waals surface area contributed by atoms with Gasteiger partial charge in [-0.15, -0.1) is 0 Å². The minimum absolute atomic E-state index is 0.158. The largest absolute Gasteiger partial charge is 0.387 e. The average Bonchev–Trinajstić information content (AvgIpc) is 3.00. The molecule has 2 aromatic carbocycles. The highest BCUT2D eigenvalue weighted by molar-refractivity contribution is 5.92. The monoisotopic (exact) mass is 323 g/mol. The molecule has 1 heterocycles. The summed E-state index contributed by atoms with van der Waals surface area (Å²) < 4.78 is 1.66. The molecule has 2 N–H and O–H groups in total. The number of carbonyl (C=O) groups is 1. The van der Waals surface area contributed by atoms with Crippen LogP contribution in [0.2, 0.25) is 0 Å². The lowest BCUT2D eigenvalue weighted by atomic mass is 10.0. The Morgan fingerprint density at radius 1 is 1.21 bits per heavy atom. The fourth-order valence-electron chi connectivity index (χ4n) is 2.78. The van der Waals surface area contributed by atoms with E-state index in [2.05, 4.69) is 10.4 Å². The van der Waals surface area contributed by atoms with Crippen LogP contribution in [-0.4, -0.2) is 27.3 Å². The first kappa shape index (κ1) is 16.2. The molecule has 0 saturated carbocycles. The molecule has 124 valence electrons. The van der Waals surface area contributed by atoms with E-state index in [0.717, 1.165) is 22.0 Å². The molecule has 1 aromatic heterocycles. The van der Waals surface area contributed by atoms with Crippen LogP contribution >= 0.6 is 0 Å². The first-order chi connectivity index (χ1) is 11.6. The molecule has 0 aliphatic carbocycles. The molecule has 5 nitrogen and oxygen atoms in total. The van der Waals surface area contributed by atoms with Crippen molar-refractivity contribution in [3.8, 4) is 0 Å². The van der Waals surface area contributed by atoms with Crippen molar-refractivity contribution < 1.29 is 9.90 Å². The molecule has 0 radical (unpaired) electrons. The Balaban J connectivity index is 1.69. The van der Waals surface area contributed by atoms with E-state index in [4.69, 9.17) is 0 Å². The molecular weight excluding hydrogens is 302 g/mol. The molecule has 3 rings (SSSR count). The number of aliphatic hydroxyl groups is 1. The van der Waals surface area contributed by atoms with Gasteiger partial charge >= 0.3 is 0 Å². The molecule has 3 aromatic rings. The number of nitrogens with one attached hydrogen (secondary N) is 1. The molecule has 24 heavy (non-hydrogen) atoms. The highest BCUT2D eigenvalue weighted by atomic mass is 16.3. The SMILES string of the molecule is CCn1nc(C)cc1C(=O)NCC(O)c1ccc2ccccc2c1. The van der Waals surface area contributed by atoms with Gasteiger partial charge in [-0.3, -0.25) is 9.48 Å². The minimum Gasteiger partial charge on any atom is -0.387 e. The molecule has 0 saturated heterocycles. The van der Waals surface area contributed by atoms with Gasteiger partial charge in [0.15, 0.2) is 0 Å². The normalized spacial score (nSPS) is 12.3. The van der Waals surface area contributed by atoms with Crippen LogP contribution in [0.4, 0.5) is 0 Å². The maximum absolute atomic E-state index is 12.3. The van der Waals surface area contributed by atoms with Crippen LogP contribution in [0.25, 0.3) is 10.8 Å². The first-order valence-corrected chi connectivity index (χ1v) is 8.08. The second-order valence-electron chi connectivity index (χ2n) is 5.82. The van der Waals surface area contributed by atoms with Gasteiger partial charge < -0.3 is 10.4 Å². The number of amides is 1. The fraction of sp³-hybridized carbons (Fsp3) is 0.263. The maximum Gasteiger partial charge on any atom is 0.269 e. The van der Waals surface area contributed by atoms with Crippen LogP contribution in [0, 0.1) is 6.92 Å². The number of nitrogens with zero attached hydrogens (tertiary/aromatic N) is 2. The zero-order valence-corrected chi connectivity index (χ0v) is 13.9. The van der Waals surface area contributed by atoms with E-state index in [1.165, 1.54) is 0 Å². The molecule has 1 atom stereocenters. The molecular formula is C19H21N3O2. The van der Waals surface area contributed by atoms with Gasteiger partial charge in [0, 0.05) is 13.1 Å². The summed E-state index contributed by atoms with van der Waals surface area (Å²) in [5.74, 6) is -0.225. The summed E-state index contributed by atoms with van der Waals surface area (Å²) in [5.41, 5.74) is 2.10. The highest BCUT2D eigenvalue weighted by Gasteiger charge is 2.15. The van der Waals surface area contributed by atoms with Gasteiger partial charge in [0.25, 0.3) is 5.91 Å². The van der Waals surface area contributed by atoms with Gasteiger partial charge in [-0.2, -0.15) is 5.10 Å².